The predicted molar refractivity (Wildman–Crippen MR) is 82.7 cm³/mol. The molecule has 0 aliphatic heterocycles. The Kier molecular flexibility index (Phi) is 5.58. The van der Waals surface area contributed by atoms with E-state index in [1.165, 1.54) is 56.3 Å². The van der Waals surface area contributed by atoms with Crippen LogP contribution < -0.4 is 0 Å². The highest BCUT2D eigenvalue weighted by molar-refractivity contribution is 7.13. The van der Waals surface area contributed by atoms with Gasteiger partial charge in [-0.25, -0.2) is 9.78 Å². The molecule has 2 rings (SSSR count). The first kappa shape index (κ1) is 15.5. The minimum absolute atomic E-state index is 0.445. The molecule has 0 radical (unpaired) electrons. The Bertz CT molecular complexity index is 445. The van der Waals surface area contributed by atoms with E-state index in [2.05, 4.69) is 13.8 Å². The maximum atomic E-state index is 11.4. The van der Waals surface area contributed by atoms with Crippen LogP contribution in [0.1, 0.15) is 85.1 Å². The molecule has 20 heavy (non-hydrogen) atoms. The molecule has 112 valence electrons. The molecule has 1 saturated carbocycles. The third-order valence-electron chi connectivity index (χ3n) is 3.96. The van der Waals surface area contributed by atoms with Gasteiger partial charge in [-0.2, -0.15) is 0 Å². The minimum atomic E-state index is -0.810. The van der Waals surface area contributed by atoms with E-state index >= 15 is 0 Å². The van der Waals surface area contributed by atoms with Crippen molar-refractivity contribution < 1.29 is 9.90 Å². The third-order valence-corrected chi connectivity index (χ3v) is 5.21. The lowest BCUT2D eigenvalue weighted by Gasteiger charge is -2.17. The maximum Gasteiger partial charge on any atom is 0.347 e. The molecule has 1 aliphatic carbocycles. The van der Waals surface area contributed by atoms with Crippen LogP contribution in [0.4, 0.5) is 0 Å². The van der Waals surface area contributed by atoms with Crippen LogP contribution >= 0.6 is 11.3 Å². The largest absolute Gasteiger partial charge is 0.477 e. The van der Waals surface area contributed by atoms with Crippen molar-refractivity contribution in [3.8, 4) is 0 Å². The maximum absolute atomic E-state index is 11.4. The Balaban J connectivity index is 2.19. The van der Waals surface area contributed by atoms with Crippen molar-refractivity contribution in [1.29, 1.82) is 0 Å². The van der Waals surface area contributed by atoms with E-state index in [1.807, 2.05) is 0 Å². The average Bonchev–Trinajstić information content (AvgIpc) is 2.71. The van der Waals surface area contributed by atoms with E-state index in [4.69, 9.17) is 4.98 Å². The first-order chi connectivity index (χ1) is 9.58. The zero-order valence-corrected chi connectivity index (χ0v) is 13.3. The standard InChI is InChI=1S/C16H25NO2S/c1-11(2)10-13-14(16(18)19)20-15(17-13)12-8-6-4-3-5-7-9-12/h11-12H,3-10H2,1-2H3,(H,18,19). The van der Waals surface area contributed by atoms with E-state index in [-0.39, 0.29) is 0 Å². The predicted octanol–water partition coefficient (Wildman–Crippen LogP) is 4.87. The zero-order chi connectivity index (χ0) is 14.5. The molecule has 1 N–H and O–H groups in total. The second-order valence-corrected chi connectivity index (χ2v) is 7.30. The molecule has 0 bridgehead atoms. The van der Waals surface area contributed by atoms with E-state index in [1.54, 1.807) is 0 Å². The summed E-state index contributed by atoms with van der Waals surface area (Å²) in [6, 6.07) is 0. The summed E-state index contributed by atoms with van der Waals surface area (Å²) in [4.78, 5) is 16.6. The Labute approximate surface area is 125 Å². The Morgan fingerprint density at radius 2 is 1.85 bits per heavy atom. The van der Waals surface area contributed by atoms with Crippen molar-refractivity contribution in [2.24, 2.45) is 5.92 Å². The summed E-state index contributed by atoms with van der Waals surface area (Å²) in [5.74, 6) is 0.120. The lowest BCUT2D eigenvalue weighted by molar-refractivity contribution is 0.0700. The van der Waals surface area contributed by atoms with Crippen molar-refractivity contribution in [3.63, 3.8) is 0 Å². The molecule has 0 saturated heterocycles. The first-order valence-corrected chi connectivity index (χ1v) is 8.62. The summed E-state index contributed by atoms with van der Waals surface area (Å²) in [6.07, 6.45) is 9.60. The molecule has 1 aromatic rings. The highest BCUT2D eigenvalue weighted by atomic mass is 32.1. The summed E-state index contributed by atoms with van der Waals surface area (Å²) in [5, 5.41) is 10.4. The van der Waals surface area contributed by atoms with Crippen molar-refractivity contribution in [3.05, 3.63) is 15.6 Å². The van der Waals surface area contributed by atoms with E-state index in [0.29, 0.717) is 16.7 Å². The van der Waals surface area contributed by atoms with Crippen molar-refractivity contribution in [1.82, 2.24) is 4.98 Å². The van der Waals surface area contributed by atoms with Crippen LogP contribution in [0.2, 0.25) is 0 Å². The molecule has 0 atom stereocenters. The van der Waals surface area contributed by atoms with Gasteiger partial charge in [0.15, 0.2) is 0 Å². The van der Waals surface area contributed by atoms with Crippen LogP contribution in [-0.2, 0) is 6.42 Å². The van der Waals surface area contributed by atoms with Crippen LogP contribution in [0.15, 0.2) is 0 Å². The van der Waals surface area contributed by atoms with Crippen molar-refractivity contribution in [2.75, 3.05) is 0 Å². The molecule has 4 heteroatoms. The average molecular weight is 295 g/mol. The summed E-state index contributed by atoms with van der Waals surface area (Å²) in [6.45, 7) is 4.22. The van der Waals surface area contributed by atoms with Crippen molar-refractivity contribution in [2.45, 2.75) is 71.1 Å². The topological polar surface area (TPSA) is 50.2 Å². The van der Waals surface area contributed by atoms with E-state index in [0.717, 1.165) is 17.1 Å². The lowest BCUT2D eigenvalue weighted by Crippen LogP contribution is -2.04. The number of carboxylic acid groups (broad SMARTS) is 1. The molecular weight excluding hydrogens is 270 g/mol. The van der Waals surface area contributed by atoms with Gasteiger partial charge in [0.2, 0.25) is 0 Å². The fourth-order valence-corrected chi connectivity index (χ4v) is 4.04. The lowest BCUT2D eigenvalue weighted by atomic mass is 9.91. The highest BCUT2D eigenvalue weighted by Crippen LogP contribution is 2.35. The molecule has 1 aliphatic rings. The normalized spacial score (nSPS) is 17.9. The van der Waals surface area contributed by atoms with Gasteiger partial charge >= 0.3 is 5.97 Å². The summed E-state index contributed by atoms with van der Waals surface area (Å²) >= 11 is 1.42. The monoisotopic (exact) mass is 295 g/mol. The van der Waals surface area contributed by atoms with E-state index in [9.17, 15) is 9.90 Å². The smallest absolute Gasteiger partial charge is 0.347 e. The van der Waals surface area contributed by atoms with Gasteiger partial charge in [-0.1, -0.05) is 46.0 Å². The molecule has 0 aromatic carbocycles. The fourth-order valence-electron chi connectivity index (χ4n) is 2.94. The Morgan fingerprint density at radius 3 is 2.40 bits per heavy atom. The van der Waals surface area contributed by atoms with Crippen LogP contribution in [0.25, 0.3) is 0 Å². The minimum Gasteiger partial charge on any atom is -0.477 e. The van der Waals surface area contributed by atoms with Gasteiger partial charge < -0.3 is 5.11 Å². The van der Waals surface area contributed by atoms with Gasteiger partial charge in [0.25, 0.3) is 0 Å². The van der Waals surface area contributed by atoms with Crippen molar-refractivity contribution >= 4 is 17.3 Å². The van der Waals surface area contributed by atoms with Gasteiger partial charge in [-0.05, 0) is 25.2 Å². The van der Waals surface area contributed by atoms with Gasteiger partial charge in [0, 0.05) is 5.92 Å². The third kappa shape index (κ3) is 4.05. The number of carboxylic acids is 1. The van der Waals surface area contributed by atoms with Gasteiger partial charge in [0.1, 0.15) is 4.88 Å². The molecule has 0 unspecified atom stereocenters. The molecule has 3 nitrogen and oxygen atoms in total. The fraction of sp³-hybridized carbons (Fsp3) is 0.750. The highest BCUT2D eigenvalue weighted by Gasteiger charge is 2.23. The number of hydrogen-bond donors (Lipinski definition) is 1. The summed E-state index contributed by atoms with van der Waals surface area (Å²) in [7, 11) is 0. The number of rotatable bonds is 4. The number of aromatic carboxylic acids is 1. The second kappa shape index (κ2) is 7.21. The van der Waals surface area contributed by atoms with Gasteiger partial charge in [0.05, 0.1) is 10.7 Å². The number of hydrogen-bond acceptors (Lipinski definition) is 3. The zero-order valence-electron chi connectivity index (χ0n) is 12.5. The number of thiazole rings is 1. The first-order valence-electron chi connectivity index (χ1n) is 7.80. The molecule has 0 spiro atoms. The van der Waals surface area contributed by atoms with Crippen LogP contribution in [0.5, 0.6) is 0 Å². The molecule has 1 aromatic heterocycles. The molecule has 0 amide bonds. The Morgan fingerprint density at radius 1 is 1.25 bits per heavy atom. The number of nitrogens with zero attached hydrogens (tertiary/aromatic N) is 1. The molecule has 1 heterocycles. The quantitative estimate of drug-likeness (QED) is 0.862. The second-order valence-electron chi connectivity index (χ2n) is 6.27. The Hall–Kier alpha value is -0.900. The number of carbonyl (C=O) groups is 1. The SMILES string of the molecule is CC(C)Cc1nc(C2CCCCCCC2)sc1C(=O)O. The summed E-state index contributed by atoms with van der Waals surface area (Å²) in [5.41, 5.74) is 0.801. The van der Waals surface area contributed by atoms with E-state index < -0.39 is 5.97 Å². The number of aromatic nitrogens is 1. The molecule has 1 fully saturated rings. The van der Waals surface area contributed by atoms with Crippen LogP contribution in [-0.4, -0.2) is 16.1 Å². The molecular formula is C16H25NO2S. The van der Waals surface area contributed by atoms with Gasteiger partial charge in [-0.3, -0.25) is 0 Å². The van der Waals surface area contributed by atoms with Crippen LogP contribution in [0.3, 0.4) is 0 Å². The van der Waals surface area contributed by atoms with Crippen LogP contribution in [0, 0.1) is 5.92 Å². The van der Waals surface area contributed by atoms with Gasteiger partial charge in [-0.15, -0.1) is 11.3 Å². The summed E-state index contributed by atoms with van der Waals surface area (Å²) < 4.78 is 0.